The van der Waals surface area contributed by atoms with Gasteiger partial charge in [0.25, 0.3) is 0 Å². The number of nitriles is 1. The van der Waals surface area contributed by atoms with Crippen LogP contribution in [-0.4, -0.2) is 36.4 Å². The van der Waals surface area contributed by atoms with Gasteiger partial charge in [0.15, 0.2) is 5.69 Å². The molecule has 1 aliphatic heterocycles. The first-order chi connectivity index (χ1) is 9.85. The van der Waals surface area contributed by atoms with Gasteiger partial charge in [-0.25, -0.2) is 0 Å². The second-order valence-corrected chi connectivity index (χ2v) is 5.07. The molecule has 1 unspecified atom stereocenters. The molecule has 1 fully saturated rings. The fourth-order valence-electron chi connectivity index (χ4n) is 2.98. The zero-order chi connectivity index (χ0) is 13.9. The molecule has 0 radical (unpaired) electrons. The summed E-state index contributed by atoms with van der Waals surface area (Å²) in [6.45, 7) is 1.89. The van der Waals surface area contributed by atoms with Gasteiger partial charge in [-0.15, -0.1) is 10.2 Å². The lowest BCUT2D eigenvalue weighted by atomic mass is 10.1. The van der Waals surface area contributed by atoms with E-state index in [0.717, 1.165) is 42.5 Å². The summed E-state index contributed by atoms with van der Waals surface area (Å²) in [7, 11) is 1.96. The first-order valence-corrected chi connectivity index (χ1v) is 6.92. The molecule has 5 nitrogen and oxygen atoms in total. The highest BCUT2D eigenvalue weighted by atomic mass is 15.2. The molecule has 2 aromatic rings. The van der Waals surface area contributed by atoms with E-state index in [1.165, 1.54) is 0 Å². The van der Waals surface area contributed by atoms with Gasteiger partial charge < -0.3 is 10.2 Å². The van der Waals surface area contributed by atoms with Crippen LogP contribution in [-0.2, 0) is 0 Å². The van der Waals surface area contributed by atoms with Crippen molar-refractivity contribution in [2.75, 3.05) is 25.0 Å². The van der Waals surface area contributed by atoms with Crippen LogP contribution < -0.4 is 10.2 Å². The molecular weight excluding hydrogens is 250 g/mol. The average Bonchev–Trinajstić information content (AvgIpc) is 2.94. The van der Waals surface area contributed by atoms with Crippen molar-refractivity contribution >= 4 is 16.6 Å². The Hall–Kier alpha value is -2.19. The van der Waals surface area contributed by atoms with Crippen LogP contribution in [0.3, 0.4) is 0 Å². The molecule has 1 saturated heterocycles. The van der Waals surface area contributed by atoms with Crippen molar-refractivity contribution in [2.45, 2.75) is 18.9 Å². The van der Waals surface area contributed by atoms with Crippen LogP contribution in [0.25, 0.3) is 10.9 Å². The summed E-state index contributed by atoms with van der Waals surface area (Å²) in [4.78, 5) is 2.31. The molecule has 1 aromatic carbocycles. The van der Waals surface area contributed by atoms with Crippen molar-refractivity contribution < 1.29 is 0 Å². The Morgan fingerprint density at radius 1 is 1.40 bits per heavy atom. The highest BCUT2D eigenvalue weighted by Gasteiger charge is 2.28. The molecule has 0 bridgehead atoms. The molecule has 102 valence electrons. The van der Waals surface area contributed by atoms with Gasteiger partial charge in [-0.1, -0.05) is 18.2 Å². The third kappa shape index (κ3) is 2.08. The number of likely N-dealkylation sites (N-methyl/N-ethyl adjacent to an activating group) is 1. The van der Waals surface area contributed by atoms with Gasteiger partial charge in [0.2, 0.25) is 0 Å². The maximum absolute atomic E-state index is 9.36. The summed E-state index contributed by atoms with van der Waals surface area (Å²) in [5.41, 5.74) is 2.21. The van der Waals surface area contributed by atoms with Gasteiger partial charge >= 0.3 is 0 Å². The lowest BCUT2D eigenvalue weighted by Gasteiger charge is -2.28. The topological polar surface area (TPSA) is 64.8 Å². The average molecular weight is 267 g/mol. The van der Waals surface area contributed by atoms with Crippen molar-refractivity contribution in [3.05, 3.63) is 30.0 Å². The fraction of sp³-hybridized carbons (Fsp3) is 0.400. The second-order valence-electron chi connectivity index (χ2n) is 5.07. The van der Waals surface area contributed by atoms with Crippen LogP contribution in [0.4, 0.5) is 5.69 Å². The van der Waals surface area contributed by atoms with E-state index >= 15 is 0 Å². The minimum Gasteiger partial charge on any atom is -0.364 e. The summed E-state index contributed by atoms with van der Waals surface area (Å²) < 4.78 is 0. The molecule has 0 spiro atoms. The Morgan fingerprint density at radius 3 is 3.05 bits per heavy atom. The zero-order valence-corrected chi connectivity index (χ0v) is 11.5. The number of hydrogen-bond donors (Lipinski definition) is 1. The van der Waals surface area contributed by atoms with Gasteiger partial charge in [-0.2, -0.15) is 5.26 Å². The molecule has 1 N–H and O–H groups in total. The zero-order valence-electron chi connectivity index (χ0n) is 11.5. The Labute approximate surface area is 118 Å². The van der Waals surface area contributed by atoms with Gasteiger partial charge in [-0.05, 0) is 26.0 Å². The maximum Gasteiger partial charge on any atom is 0.187 e. The number of anilines is 1. The maximum atomic E-state index is 9.36. The lowest BCUT2D eigenvalue weighted by molar-refractivity contribution is 0.615. The lowest BCUT2D eigenvalue weighted by Crippen LogP contribution is -2.37. The van der Waals surface area contributed by atoms with E-state index in [2.05, 4.69) is 26.5 Å². The second kappa shape index (κ2) is 5.43. The van der Waals surface area contributed by atoms with Crippen LogP contribution in [0, 0.1) is 11.3 Å². The van der Waals surface area contributed by atoms with E-state index in [1.54, 1.807) is 0 Å². The van der Waals surface area contributed by atoms with Gasteiger partial charge in [0, 0.05) is 24.5 Å². The standard InChI is InChI=1S/C15H17N5/c1-17-10-11-5-4-8-20(11)15-12-6-2-3-7-13(12)18-19-14(15)9-16/h2-3,6-7,11,17H,4-5,8,10H2,1H3. The number of benzene rings is 1. The first kappa shape index (κ1) is 12.8. The van der Waals surface area contributed by atoms with Crippen LogP contribution in [0.2, 0.25) is 0 Å². The summed E-state index contributed by atoms with van der Waals surface area (Å²) in [5, 5.41) is 21.8. The molecule has 5 heteroatoms. The normalized spacial score (nSPS) is 18.4. The Bertz CT molecular complexity index is 661. The predicted octanol–water partition coefficient (Wildman–Crippen LogP) is 1.69. The SMILES string of the molecule is CNCC1CCCN1c1c(C#N)nnc2ccccc12. The minimum atomic E-state index is 0.416. The third-order valence-electron chi connectivity index (χ3n) is 3.85. The quantitative estimate of drug-likeness (QED) is 0.916. The fourth-order valence-corrected chi connectivity index (χ4v) is 2.98. The largest absolute Gasteiger partial charge is 0.364 e. The van der Waals surface area contributed by atoms with Crippen molar-refractivity contribution in [1.29, 1.82) is 5.26 Å². The molecule has 0 amide bonds. The van der Waals surface area contributed by atoms with Gasteiger partial charge in [-0.3, -0.25) is 0 Å². The smallest absolute Gasteiger partial charge is 0.187 e. The Balaban J connectivity index is 2.16. The summed E-state index contributed by atoms with van der Waals surface area (Å²) >= 11 is 0. The van der Waals surface area contributed by atoms with E-state index in [0.29, 0.717) is 11.7 Å². The number of rotatable bonds is 3. The molecule has 2 heterocycles. The van der Waals surface area contributed by atoms with Gasteiger partial charge in [0.05, 0.1) is 11.2 Å². The van der Waals surface area contributed by atoms with E-state index in [4.69, 9.17) is 0 Å². The first-order valence-electron chi connectivity index (χ1n) is 6.92. The number of aromatic nitrogens is 2. The number of nitrogens with zero attached hydrogens (tertiary/aromatic N) is 4. The highest BCUT2D eigenvalue weighted by Crippen LogP contribution is 2.33. The van der Waals surface area contributed by atoms with E-state index in [9.17, 15) is 5.26 Å². The molecule has 1 atom stereocenters. The molecule has 20 heavy (non-hydrogen) atoms. The Kier molecular flexibility index (Phi) is 3.48. The number of hydrogen-bond acceptors (Lipinski definition) is 5. The van der Waals surface area contributed by atoms with Crippen LogP contribution >= 0.6 is 0 Å². The van der Waals surface area contributed by atoms with Crippen molar-refractivity contribution in [2.24, 2.45) is 0 Å². The number of fused-ring (bicyclic) bond motifs is 1. The Morgan fingerprint density at radius 2 is 2.25 bits per heavy atom. The molecule has 1 aliphatic rings. The van der Waals surface area contributed by atoms with E-state index in [1.807, 2.05) is 31.3 Å². The van der Waals surface area contributed by atoms with E-state index < -0.39 is 0 Å². The highest BCUT2D eigenvalue weighted by molar-refractivity contribution is 5.93. The number of nitrogens with one attached hydrogen (secondary N) is 1. The van der Waals surface area contributed by atoms with Crippen molar-refractivity contribution in [3.63, 3.8) is 0 Å². The van der Waals surface area contributed by atoms with Gasteiger partial charge in [0.1, 0.15) is 6.07 Å². The molecule has 1 aromatic heterocycles. The van der Waals surface area contributed by atoms with Crippen molar-refractivity contribution in [3.8, 4) is 6.07 Å². The minimum absolute atomic E-state index is 0.416. The van der Waals surface area contributed by atoms with Crippen molar-refractivity contribution in [1.82, 2.24) is 15.5 Å². The summed E-state index contributed by atoms with van der Waals surface area (Å²) in [6, 6.07) is 10.5. The van der Waals surface area contributed by atoms with Crippen LogP contribution in [0.15, 0.2) is 24.3 Å². The van der Waals surface area contributed by atoms with Crippen LogP contribution in [0.5, 0.6) is 0 Å². The van der Waals surface area contributed by atoms with E-state index in [-0.39, 0.29) is 0 Å². The molecule has 0 aliphatic carbocycles. The summed E-state index contributed by atoms with van der Waals surface area (Å²) in [5.74, 6) is 0. The monoisotopic (exact) mass is 267 g/mol. The summed E-state index contributed by atoms with van der Waals surface area (Å²) in [6.07, 6.45) is 2.29. The van der Waals surface area contributed by atoms with Crippen LogP contribution in [0.1, 0.15) is 18.5 Å². The molecule has 3 rings (SSSR count). The molecule has 0 saturated carbocycles. The third-order valence-corrected chi connectivity index (χ3v) is 3.85. The predicted molar refractivity (Wildman–Crippen MR) is 78.5 cm³/mol. The molecular formula is C15H17N5.